The van der Waals surface area contributed by atoms with Crippen molar-refractivity contribution in [3.63, 3.8) is 0 Å². The quantitative estimate of drug-likeness (QED) is 0.504. The van der Waals surface area contributed by atoms with Gasteiger partial charge < -0.3 is 15.2 Å². The number of alkyl halides is 3. The number of pyridine rings is 1. The molecular formula is C26H26F3N3O2. The minimum Gasteiger partial charge on any atom is -0.368 e. The van der Waals surface area contributed by atoms with Crippen molar-refractivity contribution in [2.45, 2.75) is 51.2 Å². The lowest BCUT2D eigenvalue weighted by Gasteiger charge is -2.40. The second kappa shape index (κ2) is 8.49. The fourth-order valence-corrected chi connectivity index (χ4v) is 5.52. The van der Waals surface area contributed by atoms with Crippen LogP contribution < -0.4 is 15.6 Å². The zero-order valence-corrected chi connectivity index (χ0v) is 18.8. The van der Waals surface area contributed by atoms with Crippen molar-refractivity contribution in [2.24, 2.45) is 5.92 Å². The Morgan fingerprint density at radius 1 is 1.09 bits per heavy atom. The maximum atomic E-state index is 14.0. The van der Waals surface area contributed by atoms with Gasteiger partial charge >= 0.3 is 6.18 Å². The van der Waals surface area contributed by atoms with Gasteiger partial charge in [-0.25, -0.2) is 0 Å². The largest absolute Gasteiger partial charge is 0.418 e. The monoisotopic (exact) mass is 469 g/mol. The highest BCUT2D eigenvalue weighted by molar-refractivity contribution is 6.06. The number of nitrogens with zero attached hydrogens (tertiary/aromatic N) is 1. The molecule has 5 rings (SSSR count). The molecule has 1 saturated heterocycles. The smallest absolute Gasteiger partial charge is 0.368 e. The Morgan fingerprint density at radius 2 is 1.88 bits per heavy atom. The maximum Gasteiger partial charge on any atom is 0.418 e. The van der Waals surface area contributed by atoms with E-state index in [1.54, 1.807) is 18.2 Å². The normalized spacial score (nSPS) is 20.4. The van der Waals surface area contributed by atoms with Crippen molar-refractivity contribution in [1.82, 2.24) is 4.98 Å². The predicted molar refractivity (Wildman–Crippen MR) is 126 cm³/mol. The SMILES string of the molecule is Cc1ccc2[nH]cc(C(=O)Nc3ccc(N4CCCC5CCCC54)cc3C(F)(F)F)c(=O)c2c1. The number of carbonyl (C=O) groups is 1. The van der Waals surface area contributed by atoms with Gasteiger partial charge in [0.05, 0.1) is 11.3 Å². The highest BCUT2D eigenvalue weighted by atomic mass is 19.4. The van der Waals surface area contributed by atoms with Gasteiger partial charge in [0, 0.05) is 35.4 Å². The number of aromatic nitrogens is 1. The molecule has 2 N–H and O–H groups in total. The van der Waals surface area contributed by atoms with Gasteiger partial charge in [0.15, 0.2) is 0 Å². The molecule has 2 heterocycles. The average molecular weight is 470 g/mol. The summed E-state index contributed by atoms with van der Waals surface area (Å²) in [4.78, 5) is 30.7. The van der Waals surface area contributed by atoms with Crippen molar-refractivity contribution >= 4 is 28.2 Å². The second-order valence-electron chi connectivity index (χ2n) is 9.36. The highest BCUT2D eigenvalue weighted by Gasteiger charge is 2.38. The third kappa shape index (κ3) is 4.06. The summed E-state index contributed by atoms with van der Waals surface area (Å²) < 4.78 is 42.0. The second-order valence-corrected chi connectivity index (χ2v) is 9.36. The molecule has 0 radical (unpaired) electrons. The van der Waals surface area contributed by atoms with Crippen LogP contribution in [0.4, 0.5) is 24.5 Å². The van der Waals surface area contributed by atoms with E-state index >= 15 is 0 Å². The van der Waals surface area contributed by atoms with Crippen molar-refractivity contribution in [3.8, 4) is 0 Å². The van der Waals surface area contributed by atoms with E-state index in [-0.39, 0.29) is 17.3 Å². The van der Waals surface area contributed by atoms with Crippen LogP contribution in [0.25, 0.3) is 10.9 Å². The summed E-state index contributed by atoms with van der Waals surface area (Å²) in [7, 11) is 0. The summed E-state index contributed by atoms with van der Waals surface area (Å²) in [6, 6.07) is 9.54. The van der Waals surface area contributed by atoms with Gasteiger partial charge in [-0.3, -0.25) is 9.59 Å². The number of anilines is 2. The van der Waals surface area contributed by atoms with Crippen LogP contribution in [0, 0.1) is 12.8 Å². The van der Waals surface area contributed by atoms with Crippen molar-refractivity contribution in [1.29, 1.82) is 0 Å². The number of aromatic amines is 1. The minimum absolute atomic E-state index is 0.236. The first kappa shape index (κ1) is 22.5. The molecule has 1 amide bonds. The number of piperidine rings is 1. The standard InChI is InChI=1S/C26H26F3N3O2/c1-15-7-9-21-18(12-15)24(33)19(14-30-21)25(34)31-22-10-8-17(13-20(22)26(27,28)29)32-11-3-5-16-4-2-6-23(16)32/h7-10,12-14,16,23H,2-6,11H2,1H3,(H,30,33)(H,31,34). The van der Waals surface area contributed by atoms with Crippen LogP contribution in [0.15, 0.2) is 47.4 Å². The highest BCUT2D eigenvalue weighted by Crippen LogP contribution is 2.42. The van der Waals surface area contributed by atoms with Gasteiger partial charge in [0.25, 0.3) is 5.91 Å². The van der Waals surface area contributed by atoms with Crippen molar-refractivity contribution in [2.75, 3.05) is 16.8 Å². The first-order valence-electron chi connectivity index (χ1n) is 11.6. The molecule has 5 nitrogen and oxygen atoms in total. The van der Waals surface area contributed by atoms with E-state index in [1.165, 1.54) is 12.3 Å². The van der Waals surface area contributed by atoms with E-state index in [4.69, 9.17) is 0 Å². The Hall–Kier alpha value is -3.29. The fraction of sp³-hybridized carbons (Fsp3) is 0.385. The number of hydrogen-bond acceptors (Lipinski definition) is 3. The Morgan fingerprint density at radius 3 is 2.68 bits per heavy atom. The Balaban J connectivity index is 1.48. The summed E-state index contributed by atoms with van der Waals surface area (Å²) in [6.45, 7) is 2.55. The number of amides is 1. The predicted octanol–water partition coefficient (Wildman–Crippen LogP) is 5.88. The number of benzene rings is 2. The molecule has 1 aromatic heterocycles. The van der Waals surface area contributed by atoms with E-state index in [1.807, 2.05) is 13.0 Å². The van der Waals surface area contributed by atoms with Crippen molar-refractivity contribution in [3.05, 3.63) is 69.5 Å². The Bertz CT molecular complexity index is 1310. The summed E-state index contributed by atoms with van der Waals surface area (Å²) in [6.07, 6.45) is 1.90. The first-order valence-corrected chi connectivity index (χ1v) is 11.6. The number of aryl methyl sites for hydroxylation is 1. The molecule has 2 aliphatic rings. The third-order valence-corrected chi connectivity index (χ3v) is 7.16. The van der Waals surface area contributed by atoms with Crippen LogP contribution in [0.2, 0.25) is 0 Å². The summed E-state index contributed by atoms with van der Waals surface area (Å²) >= 11 is 0. The molecule has 0 spiro atoms. The van der Waals surface area contributed by atoms with Crippen LogP contribution in [0.5, 0.6) is 0 Å². The molecule has 0 bridgehead atoms. The lowest BCUT2D eigenvalue weighted by molar-refractivity contribution is -0.136. The topological polar surface area (TPSA) is 65.2 Å². The summed E-state index contributed by atoms with van der Waals surface area (Å²) in [5.74, 6) is -0.345. The number of hydrogen-bond donors (Lipinski definition) is 2. The molecule has 2 fully saturated rings. The zero-order chi connectivity index (χ0) is 24.0. The lowest BCUT2D eigenvalue weighted by Crippen LogP contribution is -2.42. The summed E-state index contributed by atoms with van der Waals surface area (Å²) in [5.41, 5.74) is -0.106. The van der Waals surface area contributed by atoms with E-state index in [0.717, 1.165) is 50.3 Å². The van der Waals surface area contributed by atoms with E-state index in [9.17, 15) is 22.8 Å². The molecule has 178 valence electrons. The van der Waals surface area contributed by atoms with Crippen molar-refractivity contribution < 1.29 is 18.0 Å². The van der Waals surface area contributed by atoms with Crippen LogP contribution in [0.3, 0.4) is 0 Å². The van der Waals surface area contributed by atoms with Crippen LogP contribution in [-0.2, 0) is 6.18 Å². The van der Waals surface area contributed by atoms with Crippen LogP contribution >= 0.6 is 0 Å². The van der Waals surface area contributed by atoms with Crippen LogP contribution in [-0.4, -0.2) is 23.5 Å². The van der Waals surface area contributed by atoms with Gasteiger partial charge in [0.1, 0.15) is 5.56 Å². The summed E-state index contributed by atoms with van der Waals surface area (Å²) in [5, 5.41) is 2.65. The van der Waals surface area contributed by atoms with E-state index in [0.29, 0.717) is 22.5 Å². The van der Waals surface area contributed by atoms with Gasteiger partial charge in [-0.2, -0.15) is 13.2 Å². The fourth-order valence-electron chi connectivity index (χ4n) is 5.52. The molecule has 3 aromatic rings. The number of halogens is 3. The number of H-pyrrole nitrogens is 1. The number of carbonyl (C=O) groups excluding carboxylic acids is 1. The molecular weight excluding hydrogens is 443 g/mol. The number of fused-ring (bicyclic) bond motifs is 2. The van der Waals surface area contributed by atoms with E-state index in [2.05, 4.69) is 15.2 Å². The van der Waals surface area contributed by atoms with Gasteiger partial charge in [-0.15, -0.1) is 0 Å². The molecule has 2 unspecified atom stereocenters. The lowest BCUT2D eigenvalue weighted by atomic mass is 9.91. The molecule has 1 aliphatic heterocycles. The number of nitrogens with one attached hydrogen (secondary N) is 2. The average Bonchev–Trinajstić information content (AvgIpc) is 3.28. The number of rotatable bonds is 3. The molecule has 2 aromatic carbocycles. The van der Waals surface area contributed by atoms with E-state index < -0.39 is 23.1 Å². The Kier molecular flexibility index (Phi) is 5.62. The minimum atomic E-state index is -4.66. The van der Waals surface area contributed by atoms with Gasteiger partial charge in [-0.05, 0) is 68.9 Å². The molecule has 1 saturated carbocycles. The van der Waals surface area contributed by atoms with Crippen LogP contribution in [0.1, 0.15) is 53.6 Å². The first-order chi connectivity index (χ1) is 16.2. The Labute approximate surface area is 195 Å². The zero-order valence-electron chi connectivity index (χ0n) is 18.8. The van der Waals surface area contributed by atoms with Gasteiger partial charge in [-0.1, -0.05) is 18.1 Å². The molecule has 34 heavy (non-hydrogen) atoms. The molecule has 2 atom stereocenters. The third-order valence-electron chi connectivity index (χ3n) is 7.16. The molecule has 8 heteroatoms. The molecule has 1 aliphatic carbocycles. The maximum absolute atomic E-state index is 14.0. The van der Waals surface area contributed by atoms with Gasteiger partial charge in [0.2, 0.25) is 5.43 Å².